The number of tetrazole rings is 1. The molecule has 2 heterocycles. The van der Waals surface area contributed by atoms with Gasteiger partial charge >= 0.3 is 0 Å². The maximum absolute atomic E-state index is 5.86. The number of nitrogens with one attached hydrogen (secondary N) is 1. The number of hydrogen-bond acceptors (Lipinski definition) is 9. The molecule has 1 aliphatic rings. The van der Waals surface area contributed by atoms with E-state index < -0.39 is 0 Å². The molecule has 1 fully saturated rings. The normalized spacial score (nSPS) is 15.1. The van der Waals surface area contributed by atoms with Crippen LogP contribution in [0.1, 0.15) is 36.9 Å². The van der Waals surface area contributed by atoms with Crippen LogP contribution in [0.3, 0.4) is 0 Å². The molecule has 0 radical (unpaired) electrons. The van der Waals surface area contributed by atoms with E-state index in [9.17, 15) is 0 Å². The molecule has 10 heteroatoms. The highest BCUT2D eigenvalue weighted by Gasteiger charge is 2.29. The van der Waals surface area contributed by atoms with Crippen LogP contribution in [0, 0.1) is 0 Å². The van der Waals surface area contributed by atoms with Crippen LogP contribution in [-0.4, -0.2) is 35.2 Å². The lowest BCUT2D eigenvalue weighted by Gasteiger charge is -2.12. The van der Waals surface area contributed by atoms with Gasteiger partial charge in [-0.25, -0.2) is 4.68 Å². The van der Waals surface area contributed by atoms with Gasteiger partial charge < -0.3 is 11.1 Å². The van der Waals surface area contributed by atoms with Crippen LogP contribution in [0.5, 0.6) is 0 Å². The molecule has 1 unspecified atom stereocenters. The minimum atomic E-state index is -0.0647. The average Bonchev–Trinajstić information content (AvgIpc) is 3.35. The van der Waals surface area contributed by atoms with Crippen molar-refractivity contribution >= 4 is 29.3 Å². The summed E-state index contributed by atoms with van der Waals surface area (Å²) in [6, 6.07) is 10.1. The number of thioether (sulfide) groups is 1. The summed E-state index contributed by atoms with van der Waals surface area (Å²) in [5.41, 5.74) is 6.74. The van der Waals surface area contributed by atoms with Gasteiger partial charge in [0.05, 0.1) is 11.3 Å². The smallest absolute Gasteiger partial charge is 0.232 e. The van der Waals surface area contributed by atoms with Crippen molar-refractivity contribution in [3.63, 3.8) is 0 Å². The highest BCUT2D eigenvalue weighted by molar-refractivity contribution is 7.99. The Morgan fingerprint density at radius 2 is 2.00 bits per heavy atom. The molecule has 0 bridgehead atoms. The van der Waals surface area contributed by atoms with E-state index in [4.69, 9.17) is 5.73 Å². The number of nitrogens with zero attached hydrogens (tertiary/aromatic N) is 7. The predicted molar refractivity (Wildman–Crippen MR) is 94.3 cm³/mol. The standard InChI is InChI=1S/C15H17N9S/c1-9(25-15-21-22-23-24(15)11-7-8-11)12-18-13(16)20-14(19-12)17-10-5-3-2-4-6-10/h2-6,9,11H,7-8H2,1H3,(H3,16,17,18,19,20). The third-order valence-electron chi connectivity index (χ3n) is 3.70. The number of rotatable bonds is 6. The molecular formula is C15H17N9S. The zero-order valence-corrected chi connectivity index (χ0v) is 14.4. The Hall–Kier alpha value is -2.75. The first kappa shape index (κ1) is 15.8. The Bertz CT molecular complexity index is 862. The zero-order valence-electron chi connectivity index (χ0n) is 13.6. The number of benzene rings is 1. The van der Waals surface area contributed by atoms with Gasteiger partial charge in [-0.1, -0.05) is 30.0 Å². The summed E-state index contributed by atoms with van der Waals surface area (Å²) >= 11 is 1.51. The maximum atomic E-state index is 5.86. The number of nitrogens with two attached hydrogens (primary N) is 1. The van der Waals surface area contributed by atoms with Crippen molar-refractivity contribution in [1.82, 2.24) is 35.2 Å². The van der Waals surface area contributed by atoms with Crippen LogP contribution >= 0.6 is 11.8 Å². The Morgan fingerprint density at radius 1 is 1.20 bits per heavy atom. The molecule has 0 spiro atoms. The molecule has 1 aliphatic carbocycles. The van der Waals surface area contributed by atoms with Crippen molar-refractivity contribution in [2.45, 2.75) is 36.2 Å². The van der Waals surface area contributed by atoms with Gasteiger partial charge in [0.15, 0.2) is 0 Å². The van der Waals surface area contributed by atoms with Gasteiger partial charge in [0, 0.05) is 5.69 Å². The van der Waals surface area contributed by atoms with E-state index in [-0.39, 0.29) is 11.2 Å². The zero-order chi connectivity index (χ0) is 17.2. The van der Waals surface area contributed by atoms with Crippen LogP contribution in [0.25, 0.3) is 0 Å². The molecular weight excluding hydrogens is 338 g/mol. The molecule has 1 aromatic carbocycles. The van der Waals surface area contributed by atoms with Crippen LogP contribution in [0.15, 0.2) is 35.5 Å². The third-order valence-corrected chi connectivity index (χ3v) is 4.74. The molecule has 9 nitrogen and oxygen atoms in total. The van der Waals surface area contributed by atoms with Crippen LogP contribution in [0.2, 0.25) is 0 Å². The topological polar surface area (TPSA) is 120 Å². The molecule has 2 aromatic heterocycles. The molecule has 0 amide bonds. The summed E-state index contributed by atoms with van der Waals surface area (Å²) in [5, 5.41) is 15.8. The first-order valence-electron chi connectivity index (χ1n) is 7.97. The number of nitrogen functional groups attached to an aromatic ring is 1. The molecule has 3 aromatic rings. The lowest BCUT2D eigenvalue weighted by Crippen LogP contribution is -2.09. The Morgan fingerprint density at radius 3 is 2.76 bits per heavy atom. The van der Waals surface area contributed by atoms with Gasteiger partial charge in [0.25, 0.3) is 0 Å². The molecule has 1 atom stereocenters. The van der Waals surface area contributed by atoms with E-state index in [0.29, 0.717) is 17.8 Å². The first-order valence-corrected chi connectivity index (χ1v) is 8.85. The first-order chi connectivity index (χ1) is 12.2. The molecule has 1 saturated carbocycles. The van der Waals surface area contributed by atoms with E-state index in [1.807, 2.05) is 41.9 Å². The molecule has 25 heavy (non-hydrogen) atoms. The van der Waals surface area contributed by atoms with Gasteiger partial charge in [-0.15, -0.1) is 5.10 Å². The molecule has 0 saturated heterocycles. The number of aromatic nitrogens is 7. The minimum Gasteiger partial charge on any atom is -0.368 e. The van der Waals surface area contributed by atoms with Crippen molar-refractivity contribution in [3.05, 3.63) is 36.2 Å². The fourth-order valence-electron chi connectivity index (χ4n) is 2.32. The highest BCUT2D eigenvalue weighted by atomic mass is 32.2. The van der Waals surface area contributed by atoms with Crippen LogP contribution < -0.4 is 11.1 Å². The van der Waals surface area contributed by atoms with Gasteiger partial charge in [-0.3, -0.25) is 0 Å². The Labute approximate surface area is 148 Å². The summed E-state index contributed by atoms with van der Waals surface area (Å²) in [7, 11) is 0. The fraction of sp³-hybridized carbons (Fsp3) is 0.333. The van der Waals surface area contributed by atoms with Gasteiger partial charge in [-0.2, -0.15) is 15.0 Å². The van der Waals surface area contributed by atoms with Crippen LogP contribution in [0.4, 0.5) is 17.6 Å². The molecule has 128 valence electrons. The predicted octanol–water partition coefficient (Wildman–Crippen LogP) is 2.37. The van der Waals surface area contributed by atoms with E-state index >= 15 is 0 Å². The second-order valence-electron chi connectivity index (χ2n) is 5.76. The maximum Gasteiger partial charge on any atom is 0.232 e. The highest BCUT2D eigenvalue weighted by Crippen LogP contribution is 2.39. The van der Waals surface area contributed by atoms with Crippen molar-refractivity contribution in [3.8, 4) is 0 Å². The fourth-order valence-corrected chi connectivity index (χ4v) is 3.22. The van der Waals surface area contributed by atoms with Gasteiger partial charge in [-0.05, 0) is 42.3 Å². The van der Waals surface area contributed by atoms with E-state index in [0.717, 1.165) is 23.7 Å². The summed E-state index contributed by atoms with van der Waals surface area (Å²) in [4.78, 5) is 12.9. The van der Waals surface area contributed by atoms with E-state index in [1.165, 1.54) is 11.8 Å². The lowest BCUT2D eigenvalue weighted by molar-refractivity contribution is 0.564. The van der Waals surface area contributed by atoms with E-state index in [1.54, 1.807) is 0 Å². The molecule has 0 aliphatic heterocycles. The average molecular weight is 355 g/mol. The summed E-state index contributed by atoms with van der Waals surface area (Å²) in [6.45, 7) is 2.00. The second-order valence-corrected chi connectivity index (χ2v) is 7.07. The van der Waals surface area contributed by atoms with Crippen molar-refractivity contribution in [2.24, 2.45) is 0 Å². The Kier molecular flexibility index (Phi) is 4.18. The number of para-hydroxylation sites is 1. The quantitative estimate of drug-likeness (QED) is 0.642. The summed E-state index contributed by atoms with van der Waals surface area (Å²) in [6.07, 6.45) is 2.24. The van der Waals surface area contributed by atoms with Crippen molar-refractivity contribution in [2.75, 3.05) is 11.1 Å². The van der Waals surface area contributed by atoms with Crippen molar-refractivity contribution < 1.29 is 0 Å². The molecule has 3 N–H and O–H groups in total. The SMILES string of the molecule is CC(Sc1nnnn1C1CC1)c1nc(N)nc(Nc2ccccc2)n1. The monoisotopic (exact) mass is 355 g/mol. The molecule has 4 rings (SSSR count). The summed E-state index contributed by atoms with van der Waals surface area (Å²) in [5.74, 6) is 1.18. The minimum absolute atomic E-state index is 0.0647. The Balaban J connectivity index is 1.53. The summed E-state index contributed by atoms with van der Waals surface area (Å²) < 4.78 is 1.87. The number of hydrogen-bond donors (Lipinski definition) is 2. The third kappa shape index (κ3) is 3.68. The lowest BCUT2D eigenvalue weighted by atomic mass is 10.3. The van der Waals surface area contributed by atoms with Gasteiger partial charge in [0.1, 0.15) is 5.82 Å². The number of anilines is 3. The van der Waals surface area contributed by atoms with Crippen molar-refractivity contribution in [1.29, 1.82) is 0 Å². The largest absolute Gasteiger partial charge is 0.368 e. The second kappa shape index (κ2) is 6.63. The van der Waals surface area contributed by atoms with Crippen LogP contribution in [-0.2, 0) is 0 Å². The van der Waals surface area contributed by atoms with Gasteiger partial charge in [0.2, 0.25) is 17.1 Å². The van der Waals surface area contributed by atoms with E-state index in [2.05, 4.69) is 35.8 Å².